The fraction of sp³-hybridized carbons (Fsp3) is 0.500. The minimum absolute atomic E-state index is 0.0551. The zero-order valence-corrected chi connectivity index (χ0v) is 10.5. The number of nitro groups is 1. The minimum Gasteiger partial charge on any atom is -0.487 e. The van der Waals surface area contributed by atoms with Gasteiger partial charge >= 0.3 is 5.69 Å². The largest absolute Gasteiger partial charge is 0.487 e. The second-order valence-electron chi connectivity index (χ2n) is 4.08. The van der Waals surface area contributed by atoms with Crippen LogP contribution in [0.3, 0.4) is 0 Å². The van der Waals surface area contributed by atoms with Crippen LogP contribution in [0.2, 0.25) is 0 Å². The summed E-state index contributed by atoms with van der Waals surface area (Å²) in [5, 5.41) is 22.9. The molecular formula is C12H18N2O4. The molecule has 1 aromatic carbocycles. The van der Waals surface area contributed by atoms with Crippen molar-refractivity contribution in [3.05, 3.63) is 33.9 Å². The third-order valence-corrected chi connectivity index (χ3v) is 2.40. The Morgan fingerprint density at radius 3 is 2.83 bits per heavy atom. The Hall–Kier alpha value is -1.66. The van der Waals surface area contributed by atoms with Crippen molar-refractivity contribution in [2.24, 2.45) is 0 Å². The summed E-state index contributed by atoms with van der Waals surface area (Å²) in [6, 6.07) is 4.78. The van der Waals surface area contributed by atoms with Crippen LogP contribution in [0.25, 0.3) is 0 Å². The van der Waals surface area contributed by atoms with Crippen molar-refractivity contribution in [1.82, 2.24) is 5.32 Å². The molecule has 0 saturated heterocycles. The number of benzene rings is 1. The first-order valence-corrected chi connectivity index (χ1v) is 5.77. The van der Waals surface area contributed by atoms with Crippen molar-refractivity contribution in [3.63, 3.8) is 0 Å². The van der Waals surface area contributed by atoms with E-state index in [1.54, 1.807) is 26.1 Å². The number of nitrogens with zero attached hydrogens (tertiary/aromatic N) is 1. The van der Waals surface area contributed by atoms with Gasteiger partial charge in [0.25, 0.3) is 0 Å². The van der Waals surface area contributed by atoms with Crippen molar-refractivity contribution in [1.29, 1.82) is 0 Å². The Labute approximate surface area is 106 Å². The molecule has 6 heteroatoms. The van der Waals surface area contributed by atoms with Gasteiger partial charge in [-0.1, -0.05) is 6.07 Å². The van der Waals surface area contributed by atoms with Gasteiger partial charge in [-0.05, 0) is 25.6 Å². The quantitative estimate of drug-likeness (QED) is 0.568. The summed E-state index contributed by atoms with van der Waals surface area (Å²) >= 11 is 0. The topological polar surface area (TPSA) is 84.6 Å². The molecule has 1 atom stereocenters. The number of hydrogen-bond acceptors (Lipinski definition) is 5. The normalized spacial score (nSPS) is 12.2. The third kappa shape index (κ3) is 4.31. The predicted octanol–water partition coefficient (Wildman–Crippen LogP) is 1.46. The van der Waals surface area contributed by atoms with E-state index >= 15 is 0 Å². The molecule has 0 radical (unpaired) electrons. The number of ether oxygens (including phenoxy) is 1. The van der Waals surface area contributed by atoms with Crippen molar-refractivity contribution in [2.75, 3.05) is 13.7 Å². The lowest BCUT2D eigenvalue weighted by molar-refractivity contribution is -0.385. The molecule has 0 aliphatic carbocycles. The molecule has 1 rings (SSSR count). The fourth-order valence-corrected chi connectivity index (χ4v) is 1.48. The van der Waals surface area contributed by atoms with Gasteiger partial charge in [-0.25, -0.2) is 0 Å². The molecule has 6 nitrogen and oxygen atoms in total. The summed E-state index contributed by atoms with van der Waals surface area (Å²) in [7, 11) is 1.80. The van der Waals surface area contributed by atoms with Crippen LogP contribution < -0.4 is 10.1 Å². The van der Waals surface area contributed by atoms with Gasteiger partial charge in [0.2, 0.25) is 0 Å². The molecule has 0 bridgehead atoms. The maximum Gasteiger partial charge on any atom is 0.310 e. The summed E-state index contributed by atoms with van der Waals surface area (Å²) in [4.78, 5) is 10.4. The van der Waals surface area contributed by atoms with E-state index in [9.17, 15) is 10.1 Å². The Kier molecular flexibility index (Phi) is 5.54. The second kappa shape index (κ2) is 6.93. The highest BCUT2D eigenvalue weighted by molar-refractivity contribution is 5.48. The summed E-state index contributed by atoms with van der Waals surface area (Å²) in [5.41, 5.74) is 0.857. The molecule has 0 aromatic heterocycles. The Morgan fingerprint density at radius 2 is 2.28 bits per heavy atom. The number of hydrogen-bond donors (Lipinski definition) is 2. The van der Waals surface area contributed by atoms with Gasteiger partial charge in [-0.15, -0.1) is 0 Å². The SMILES string of the molecule is CNCc1ccc([N+](=O)[O-])c(OCCC(C)O)c1. The average Bonchev–Trinajstić information content (AvgIpc) is 2.29. The van der Waals surface area contributed by atoms with Crippen LogP contribution in [0.4, 0.5) is 5.69 Å². The molecule has 0 fully saturated rings. The van der Waals surface area contributed by atoms with E-state index in [0.717, 1.165) is 5.56 Å². The molecule has 2 N–H and O–H groups in total. The standard InChI is InChI=1S/C12H18N2O4/c1-9(15)5-6-18-12-7-10(8-13-2)3-4-11(12)14(16)17/h3-4,7,9,13,15H,5-6,8H2,1-2H3. The lowest BCUT2D eigenvalue weighted by atomic mass is 10.2. The molecular weight excluding hydrogens is 236 g/mol. The van der Waals surface area contributed by atoms with Gasteiger partial charge in [0.1, 0.15) is 0 Å². The first kappa shape index (κ1) is 14.4. The first-order valence-electron chi connectivity index (χ1n) is 5.77. The van der Waals surface area contributed by atoms with Gasteiger partial charge < -0.3 is 15.2 Å². The lowest BCUT2D eigenvalue weighted by Gasteiger charge is -2.09. The van der Waals surface area contributed by atoms with E-state index in [1.807, 2.05) is 0 Å². The number of aliphatic hydroxyl groups excluding tert-OH is 1. The van der Waals surface area contributed by atoms with Crippen LogP contribution in [0.5, 0.6) is 5.75 Å². The first-order chi connectivity index (χ1) is 8.54. The third-order valence-electron chi connectivity index (χ3n) is 2.40. The molecule has 0 spiro atoms. The summed E-state index contributed by atoms with van der Waals surface area (Å²) in [6.45, 7) is 2.52. The Bertz CT molecular complexity index is 407. The van der Waals surface area contributed by atoms with E-state index in [4.69, 9.17) is 9.84 Å². The molecule has 0 saturated carbocycles. The predicted molar refractivity (Wildman–Crippen MR) is 67.7 cm³/mol. The maximum absolute atomic E-state index is 10.8. The van der Waals surface area contributed by atoms with Crippen molar-refractivity contribution in [2.45, 2.75) is 26.0 Å². The number of aliphatic hydroxyl groups is 1. The molecule has 0 aliphatic heterocycles. The molecule has 100 valence electrons. The summed E-state index contributed by atoms with van der Waals surface area (Å²) in [5.74, 6) is 0.244. The highest BCUT2D eigenvalue weighted by Crippen LogP contribution is 2.28. The van der Waals surface area contributed by atoms with Crippen LogP contribution in [-0.4, -0.2) is 29.8 Å². The van der Waals surface area contributed by atoms with E-state index in [2.05, 4.69) is 5.32 Å². The Balaban J connectivity index is 2.82. The molecule has 1 unspecified atom stereocenters. The van der Waals surface area contributed by atoms with Gasteiger partial charge in [-0.2, -0.15) is 0 Å². The highest BCUT2D eigenvalue weighted by Gasteiger charge is 2.15. The van der Waals surface area contributed by atoms with Crippen molar-refractivity contribution in [3.8, 4) is 5.75 Å². The number of rotatable bonds is 7. The average molecular weight is 254 g/mol. The molecule has 1 aromatic rings. The Morgan fingerprint density at radius 1 is 1.56 bits per heavy atom. The number of nitrogens with one attached hydrogen (secondary N) is 1. The van der Waals surface area contributed by atoms with Gasteiger partial charge in [0, 0.05) is 19.0 Å². The second-order valence-corrected chi connectivity index (χ2v) is 4.08. The van der Waals surface area contributed by atoms with Crippen molar-refractivity contribution < 1.29 is 14.8 Å². The highest BCUT2D eigenvalue weighted by atomic mass is 16.6. The molecule has 0 aliphatic rings. The zero-order chi connectivity index (χ0) is 13.5. The smallest absolute Gasteiger partial charge is 0.310 e. The molecule has 0 amide bonds. The zero-order valence-electron chi connectivity index (χ0n) is 10.5. The number of nitro benzene ring substituents is 1. The van der Waals surface area contributed by atoms with Gasteiger partial charge in [0.05, 0.1) is 17.6 Å². The summed E-state index contributed by atoms with van der Waals surface area (Å²) in [6.07, 6.45) is -0.0440. The van der Waals surface area contributed by atoms with E-state index in [-0.39, 0.29) is 18.0 Å². The summed E-state index contributed by atoms with van der Waals surface area (Å²) < 4.78 is 5.37. The van der Waals surface area contributed by atoms with Gasteiger partial charge in [-0.3, -0.25) is 10.1 Å². The van der Waals surface area contributed by atoms with Crippen LogP contribution in [0.1, 0.15) is 18.9 Å². The molecule has 18 heavy (non-hydrogen) atoms. The lowest BCUT2D eigenvalue weighted by Crippen LogP contribution is -2.09. The van der Waals surface area contributed by atoms with Crippen LogP contribution in [-0.2, 0) is 6.54 Å². The van der Waals surface area contributed by atoms with Crippen LogP contribution in [0, 0.1) is 10.1 Å². The van der Waals surface area contributed by atoms with Gasteiger partial charge in [0.15, 0.2) is 5.75 Å². The van der Waals surface area contributed by atoms with Crippen LogP contribution in [0.15, 0.2) is 18.2 Å². The van der Waals surface area contributed by atoms with E-state index < -0.39 is 11.0 Å². The van der Waals surface area contributed by atoms with E-state index in [1.165, 1.54) is 6.07 Å². The fourth-order valence-electron chi connectivity index (χ4n) is 1.48. The van der Waals surface area contributed by atoms with E-state index in [0.29, 0.717) is 13.0 Å². The molecule has 0 heterocycles. The van der Waals surface area contributed by atoms with Crippen LogP contribution >= 0.6 is 0 Å². The maximum atomic E-state index is 10.8. The monoisotopic (exact) mass is 254 g/mol. The minimum atomic E-state index is -0.482. The van der Waals surface area contributed by atoms with Crippen molar-refractivity contribution >= 4 is 5.69 Å².